The van der Waals surface area contributed by atoms with E-state index in [4.69, 9.17) is 11.6 Å². The Labute approximate surface area is 148 Å². The second kappa shape index (κ2) is 7.85. The number of rotatable bonds is 6. The first-order valence-corrected chi connectivity index (χ1v) is 7.89. The van der Waals surface area contributed by atoms with Crippen LogP contribution in [0.2, 0.25) is 5.02 Å². The zero-order valence-corrected chi connectivity index (χ0v) is 13.8. The molecule has 0 saturated carbocycles. The van der Waals surface area contributed by atoms with Crippen molar-refractivity contribution in [3.63, 3.8) is 0 Å². The Balaban J connectivity index is 1.62. The highest BCUT2D eigenvalue weighted by molar-refractivity contribution is 6.30. The summed E-state index contributed by atoms with van der Waals surface area (Å²) in [7, 11) is 0. The molecule has 0 radical (unpaired) electrons. The molecule has 8 heteroatoms. The van der Waals surface area contributed by atoms with Crippen LogP contribution in [0, 0.1) is 11.6 Å². The molecule has 0 spiro atoms. The molecule has 25 heavy (non-hydrogen) atoms. The van der Waals surface area contributed by atoms with Crippen LogP contribution < -0.4 is 10.6 Å². The van der Waals surface area contributed by atoms with E-state index in [2.05, 4.69) is 25.8 Å². The largest absolute Gasteiger partial charge is 0.368 e. The van der Waals surface area contributed by atoms with Crippen molar-refractivity contribution in [2.45, 2.75) is 6.42 Å². The lowest BCUT2D eigenvalue weighted by atomic mass is 10.1. The number of benzene rings is 2. The maximum absolute atomic E-state index is 13.7. The van der Waals surface area contributed by atoms with Gasteiger partial charge in [0.15, 0.2) is 5.82 Å². The first-order chi connectivity index (χ1) is 12.1. The van der Waals surface area contributed by atoms with Gasteiger partial charge in [-0.05, 0) is 36.2 Å². The molecule has 2 aromatic carbocycles. The summed E-state index contributed by atoms with van der Waals surface area (Å²) in [5, 5.41) is 13.8. The van der Waals surface area contributed by atoms with Crippen LogP contribution in [0.3, 0.4) is 0 Å². The third-order valence-corrected chi connectivity index (χ3v) is 3.64. The van der Waals surface area contributed by atoms with E-state index in [1.165, 1.54) is 12.3 Å². The molecule has 0 aliphatic rings. The van der Waals surface area contributed by atoms with Gasteiger partial charge in [-0.25, -0.2) is 8.78 Å². The highest BCUT2D eigenvalue weighted by atomic mass is 35.5. The van der Waals surface area contributed by atoms with E-state index in [1.54, 1.807) is 0 Å². The van der Waals surface area contributed by atoms with Crippen molar-refractivity contribution >= 4 is 29.1 Å². The van der Waals surface area contributed by atoms with Gasteiger partial charge in [0.1, 0.15) is 17.3 Å². The minimum absolute atomic E-state index is 0.000456. The second-order valence-electron chi connectivity index (χ2n) is 5.19. The van der Waals surface area contributed by atoms with Gasteiger partial charge in [-0.15, -0.1) is 5.10 Å². The minimum Gasteiger partial charge on any atom is -0.368 e. The molecule has 0 atom stereocenters. The molecule has 0 fully saturated rings. The van der Waals surface area contributed by atoms with Crippen molar-refractivity contribution in [2.24, 2.45) is 0 Å². The molecule has 3 rings (SSSR count). The number of para-hydroxylation sites is 1. The zero-order valence-electron chi connectivity index (χ0n) is 13.0. The average Bonchev–Trinajstić information content (AvgIpc) is 2.60. The van der Waals surface area contributed by atoms with Crippen LogP contribution in [0.1, 0.15) is 5.56 Å². The molecule has 0 saturated heterocycles. The smallest absolute Gasteiger partial charge is 0.249 e. The Kier molecular flexibility index (Phi) is 5.35. The summed E-state index contributed by atoms with van der Waals surface area (Å²) >= 11 is 5.85. The molecular formula is C17H14ClF2N5. The number of anilines is 3. The van der Waals surface area contributed by atoms with Crippen LogP contribution >= 0.6 is 11.6 Å². The predicted octanol–water partition coefficient (Wildman–Crippen LogP) is 4.20. The van der Waals surface area contributed by atoms with E-state index in [0.29, 0.717) is 17.4 Å². The summed E-state index contributed by atoms with van der Waals surface area (Å²) in [5.41, 5.74) is 0.799. The van der Waals surface area contributed by atoms with Crippen LogP contribution in [0.5, 0.6) is 0 Å². The van der Waals surface area contributed by atoms with E-state index in [-0.39, 0.29) is 11.6 Å². The van der Waals surface area contributed by atoms with E-state index in [0.717, 1.165) is 24.1 Å². The molecule has 0 aliphatic carbocycles. The van der Waals surface area contributed by atoms with Gasteiger partial charge in [-0.1, -0.05) is 29.8 Å². The minimum atomic E-state index is -0.732. The van der Waals surface area contributed by atoms with Crippen molar-refractivity contribution in [3.05, 3.63) is 70.9 Å². The van der Waals surface area contributed by atoms with E-state index >= 15 is 0 Å². The number of hydrogen-bond acceptors (Lipinski definition) is 5. The monoisotopic (exact) mass is 361 g/mol. The Morgan fingerprint density at radius 2 is 1.72 bits per heavy atom. The van der Waals surface area contributed by atoms with Gasteiger partial charge in [-0.2, -0.15) is 10.1 Å². The summed E-state index contributed by atoms with van der Waals surface area (Å²) in [4.78, 5) is 4.15. The van der Waals surface area contributed by atoms with Crippen LogP contribution in [-0.4, -0.2) is 21.7 Å². The van der Waals surface area contributed by atoms with Crippen molar-refractivity contribution in [1.29, 1.82) is 0 Å². The van der Waals surface area contributed by atoms with Crippen LogP contribution in [0.4, 0.5) is 26.2 Å². The fraction of sp³-hybridized carbons (Fsp3) is 0.118. The Bertz CT molecular complexity index is 838. The zero-order chi connectivity index (χ0) is 17.6. The highest BCUT2D eigenvalue weighted by Gasteiger charge is 2.10. The van der Waals surface area contributed by atoms with Crippen molar-refractivity contribution in [2.75, 3.05) is 17.2 Å². The van der Waals surface area contributed by atoms with Crippen molar-refractivity contribution in [1.82, 2.24) is 15.2 Å². The first-order valence-electron chi connectivity index (χ1n) is 7.51. The molecule has 0 bridgehead atoms. The van der Waals surface area contributed by atoms with Gasteiger partial charge in [0, 0.05) is 11.6 Å². The third kappa shape index (κ3) is 4.60. The van der Waals surface area contributed by atoms with Crippen LogP contribution in [0.15, 0.2) is 48.7 Å². The first kappa shape index (κ1) is 17.0. The average molecular weight is 362 g/mol. The Hall–Kier alpha value is -2.80. The third-order valence-electron chi connectivity index (χ3n) is 3.39. The molecule has 3 aromatic rings. The second-order valence-corrected chi connectivity index (χ2v) is 5.63. The summed E-state index contributed by atoms with van der Waals surface area (Å²) in [5.74, 6) is -1.02. The number of aromatic nitrogens is 3. The van der Waals surface area contributed by atoms with Gasteiger partial charge in [0.25, 0.3) is 0 Å². The topological polar surface area (TPSA) is 62.7 Å². The summed E-state index contributed by atoms with van der Waals surface area (Å²) < 4.78 is 27.3. The molecular weight excluding hydrogens is 348 g/mol. The molecule has 0 amide bonds. The quantitative estimate of drug-likeness (QED) is 0.689. The maximum atomic E-state index is 13.7. The number of hydrogen-bond donors (Lipinski definition) is 2. The molecule has 0 aliphatic heterocycles. The van der Waals surface area contributed by atoms with Gasteiger partial charge in [0.05, 0.1) is 6.20 Å². The summed E-state index contributed by atoms with van der Waals surface area (Å²) in [6.07, 6.45) is 2.19. The lowest BCUT2D eigenvalue weighted by Crippen LogP contribution is -2.09. The van der Waals surface area contributed by atoms with E-state index < -0.39 is 11.6 Å². The standard InChI is InChI=1S/C17H14ClF2N5/c18-12-6-4-11(5-7-12)8-9-21-15-10-22-25-17(23-15)24-16-13(19)2-1-3-14(16)20/h1-7,10H,8-9H2,(H2,21,23,24,25). The van der Waals surface area contributed by atoms with Crippen LogP contribution in [0.25, 0.3) is 0 Å². The summed E-state index contributed by atoms with van der Waals surface area (Å²) in [6.45, 7) is 0.605. The lowest BCUT2D eigenvalue weighted by molar-refractivity contribution is 0.590. The van der Waals surface area contributed by atoms with Gasteiger partial charge >= 0.3 is 0 Å². The van der Waals surface area contributed by atoms with E-state index in [1.807, 2.05) is 24.3 Å². The normalized spacial score (nSPS) is 10.5. The van der Waals surface area contributed by atoms with Crippen molar-refractivity contribution in [3.8, 4) is 0 Å². The summed E-state index contributed by atoms with van der Waals surface area (Å²) in [6, 6.07) is 11.1. The molecule has 2 N–H and O–H groups in total. The molecule has 0 unspecified atom stereocenters. The van der Waals surface area contributed by atoms with Crippen LogP contribution in [-0.2, 0) is 6.42 Å². The number of halogens is 3. The van der Waals surface area contributed by atoms with E-state index in [9.17, 15) is 8.78 Å². The fourth-order valence-electron chi connectivity index (χ4n) is 2.16. The maximum Gasteiger partial charge on any atom is 0.249 e. The van der Waals surface area contributed by atoms with Gasteiger partial charge in [0.2, 0.25) is 5.95 Å². The Morgan fingerprint density at radius 3 is 2.44 bits per heavy atom. The fourth-order valence-corrected chi connectivity index (χ4v) is 2.28. The SMILES string of the molecule is Fc1cccc(F)c1Nc1nncc(NCCc2ccc(Cl)cc2)n1. The predicted molar refractivity (Wildman–Crippen MR) is 93.1 cm³/mol. The van der Waals surface area contributed by atoms with Gasteiger partial charge < -0.3 is 10.6 Å². The lowest BCUT2D eigenvalue weighted by Gasteiger charge is -2.09. The molecule has 1 aromatic heterocycles. The molecule has 128 valence electrons. The van der Waals surface area contributed by atoms with Gasteiger partial charge in [-0.3, -0.25) is 0 Å². The van der Waals surface area contributed by atoms with Crippen molar-refractivity contribution < 1.29 is 8.78 Å². The highest BCUT2D eigenvalue weighted by Crippen LogP contribution is 2.21. The number of nitrogens with zero attached hydrogens (tertiary/aromatic N) is 3. The molecule has 5 nitrogen and oxygen atoms in total. The molecule has 1 heterocycles. The Morgan fingerprint density at radius 1 is 1.00 bits per heavy atom. The number of nitrogens with one attached hydrogen (secondary N) is 2.